The summed E-state index contributed by atoms with van der Waals surface area (Å²) in [6.07, 6.45) is 4.64. The molecule has 21 heavy (non-hydrogen) atoms. The van der Waals surface area contributed by atoms with Crippen LogP contribution < -0.4 is 0 Å². The van der Waals surface area contributed by atoms with Crippen LogP contribution in [0.15, 0.2) is 42.5 Å². The van der Waals surface area contributed by atoms with Gasteiger partial charge in [-0.1, -0.05) is 49.2 Å². The molecule has 110 valence electrons. The van der Waals surface area contributed by atoms with Crippen LogP contribution in [-0.2, 0) is 0 Å². The van der Waals surface area contributed by atoms with Crippen molar-refractivity contribution in [1.82, 2.24) is 4.90 Å². The molecular weight excluding hydrogens is 282 g/mol. The lowest BCUT2D eigenvalue weighted by atomic mass is 10.0. The fourth-order valence-electron chi connectivity index (χ4n) is 3.32. The monoisotopic (exact) mass is 301 g/mol. The molecule has 3 rings (SSSR count). The summed E-state index contributed by atoms with van der Waals surface area (Å²) < 4.78 is 0. The Morgan fingerprint density at radius 1 is 1.10 bits per heavy atom. The van der Waals surface area contributed by atoms with Crippen molar-refractivity contribution in [2.45, 2.75) is 31.7 Å². The van der Waals surface area contributed by atoms with Crippen molar-refractivity contribution in [3.05, 3.63) is 48.0 Å². The summed E-state index contributed by atoms with van der Waals surface area (Å²) in [7, 11) is 0. The zero-order valence-corrected chi connectivity index (χ0v) is 12.9. The highest BCUT2D eigenvalue weighted by molar-refractivity contribution is 6.18. The van der Waals surface area contributed by atoms with Crippen LogP contribution in [0.3, 0.4) is 0 Å². The van der Waals surface area contributed by atoms with E-state index in [-0.39, 0.29) is 5.91 Å². The van der Waals surface area contributed by atoms with Gasteiger partial charge in [-0.2, -0.15) is 0 Å². The second kappa shape index (κ2) is 6.48. The van der Waals surface area contributed by atoms with E-state index in [4.69, 9.17) is 11.6 Å². The Morgan fingerprint density at radius 3 is 2.57 bits per heavy atom. The number of nitrogens with zero attached hydrogens (tertiary/aromatic N) is 1. The van der Waals surface area contributed by atoms with Crippen molar-refractivity contribution < 1.29 is 4.79 Å². The average molecular weight is 302 g/mol. The van der Waals surface area contributed by atoms with Gasteiger partial charge in [-0.05, 0) is 29.7 Å². The van der Waals surface area contributed by atoms with Crippen LogP contribution in [0.25, 0.3) is 10.8 Å². The third kappa shape index (κ3) is 2.91. The molecule has 0 heterocycles. The lowest BCUT2D eigenvalue weighted by Gasteiger charge is -2.29. The molecule has 0 unspecified atom stereocenters. The maximum atomic E-state index is 13.0. The minimum absolute atomic E-state index is 0.124. The van der Waals surface area contributed by atoms with Gasteiger partial charge < -0.3 is 4.90 Å². The van der Waals surface area contributed by atoms with E-state index >= 15 is 0 Å². The molecule has 3 heteroatoms. The molecule has 2 aromatic rings. The van der Waals surface area contributed by atoms with E-state index in [0.717, 1.165) is 29.2 Å². The van der Waals surface area contributed by atoms with Gasteiger partial charge in [0.1, 0.15) is 0 Å². The topological polar surface area (TPSA) is 20.3 Å². The molecule has 0 radical (unpaired) electrons. The highest BCUT2D eigenvalue weighted by Gasteiger charge is 2.27. The third-order valence-electron chi connectivity index (χ3n) is 4.37. The maximum Gasteiger partial charge on any atom is 0.254 e. The van der Waals surface area contributed by atoms with Crippen molar-refractivity contribution in [3.8, 4) is 0 Å². The van der Waals surface area contributed by atoms with E-state index in [1.54, 1.807) is 0 Å². The van der Waals surface area contributed by atoms with Crippen LogP contribution in [-0.4, -0.2) is 29.3 Å². The average Bonchev–Trinajstić information content (AvgIpc) is 3.05. The normalized spacial score (nSPS) is 15.5. The molecule has 2 aromatic carbocycles. The first-order chi connectivity index (χ1) is 10.3. The number of hydrogen-bond acceptors (Lipinski definition) is 1. The fraction of sp³-hybridized carbons (Fsp3) is 0.389. The number of carbonyl (C=O) groups excluding carboxylic acids is 1. The summed E-state index contributed by atoms with van der Waals surface area (Å²) in [5.41, 5.74) is 0.796. The van der Waals surface area contributed by atoms with E-state index in [1.807, 2.05) is 47.4 Å². The summed E-state index contributed by atoms with van der Waals surface area (Å²) in [6, 6.07) is 14.4. The van der Waals surface area contributed by atoms with Crippen LogP contribution in [0.5, 0.6) is 0 Å². The number of rotatable bonds is 4. The standard InChI is InChI=1S/C18H20ClNO/c19-12-13-20(15-8-2-3-9-15)18(21)17-11-5-7-14-6-1-4-10-16(14)17/h1,4-7,10-11,15H,2-3,8-9,12-13H2. The molecule has 0 N–H and O–H groups in total. The molecule has 1 aliphatic rings. The van der Waals surface area contributed by atoms with E-state index in [9.17, 15) is 4.79 Å². The number of alkyl halides is 1. The SMILES string of the molecule is O=C(c1cccc2ccccc12)N(CCCl)C1CCCC1. The molecule has 2 nitrogen and oxygen atoms in total. The Balaban J connectivity index is 1.97. The van der Waals surface area contributed by atoms with E-state index in [1.165, 1.54) is 12.8 Å². The highest BCUT2D eigenvalue weighted by Crippen LogP contribution is 2.27. The minimum atomic E-state index is 0.124. The second-order valence-corrected chi connectivity index (χ2v) is 6.03. The summed E-state index contributed by atoms with van der Waals surface area (Å²) in [5.74, 6) is 0.617. The molecule has 0 aromatic heterocycles. The van der Waals surface area contributed by atoms with Gasteiger partial charge in [0.25, 0.3) is 5.91 Å². The predicted molar refractivity (Wildman–Crippen MR) is 88.0 cm³/mol. The summed E-state index contributed by atoms with van der Waals surface area (Å²) >= 11 is 5.93. The number of fused-ring (bicyclic) bond motifs is 1. The lowest BCUT2D eigenvalue weighted by Crippen LogP contribution is -2.40. The van der Waals surface area contributed by atoms with E-state index < -0.39 is 0 Å². The number of carbonyl (C=O) groups is 1. The van der Waals surface area contributed by atoms with Gasteiger partial charge in [-0.15, -0.1) is 11.6 Å². The van der Waals surface area contributed by atoms with Crippen molar-refractivity contribution in [1.29, 1.82) is 0 Å². The molecule has 0 bridgehead atoms. The van der Waals surface area contributed by atoms with Gasteiger partial charge in [0.05, 0.1) is 0 Å². The summed E-state index contributed by atoms with van der Waals surface area (Å²) in [6.45, 7) is 0.633. The Morgan fingerprint density at radius 2 is 1.81 bits per heavy atom. The van der Waals surface area contributed by atoms with Crippen molar-refractivity contribution in [2.24, 2.45) is 0 Å². The van der Waals surface area contributed by atoms with Crippen LogP contribution in [0, 0.1) is 0 Å². The second-order valence-electron chi connectivity index (χ2n) is 5.65. The van der Waals surface area contributed by atoms with Crippen LogP contribution in [0.2, 0.25) is 0 Å². The van der Waals surface area contributed by atoms with Gasteiger partial charge in [0.15, 0.2) is 0 Å². The molecule has 1 saturated carbocycles. The molecular formula is C18H20ClNO. The Bertz CT molecular complexity index is 629. The largest absolute Gasteiger partial charge is 0.334 e. The zero-order chi connectivity index (χ0) is 14.7. The molecule has 0 spiro atoms. The van der Waals surface area contributed by atoms with Gasteiger partial charge in [-0.25, -0.2) is 0 Å². The van der Waals surface area contributed by atoms with Gasteiger partial charge >= 0.3 is 0 Å². The van der Waals surface area contributed by atoms with Gasteiger partial charge in [-0.3, -0.25) is 4.79 Å². The Kier molecular flexibility index (Phi) is 4.45. The van der Waals surface area contributed by atoms with Crippen molar-refractivity contribution in [3.63, 3.8) is 0 Å². The van der Waals surface area contributed by atoms with E-state index in [0.29, 0.717) is 18.5 Å². The summed E-state index contributed by atoms with van der Waals surface area (Å²) in [4.78, 5) is 15.0. The number of halogens is 1. The highest BCUT2D eigenvalue weighted by atomic mass is 35.5. The predicted octanol–water partition coefficient (Wildman–Crippen LogP) is 4.46. The fourth-order valence-corrected chi connectivity index (χ4v) is 3.51. The smallest absolute Gasteiger partial charge is 0.254 e. The Labute approximate surface area is 130 Å². The molecule has 1 amide bonds. The van der Waals surface area contributed by atoms with Gasteiger partial charge in [0, 0.05) is 24.0 Å². The first-order valence-corrected chi connectivity index (χ1v) is 8.19. The van der Waals surface area contributed by atoms with Crippen molar-refractivity contribution in [2.75, 3.05) is 12.4 Å². The number of benzene rings is 2. The quantitative estimate of drug-likeness (QED) is 0.763. The first kappa shape index (κ1) is 14.4. The molecule has 1 aliphatic carbocycles. The summed E-state index contributed by atoms with van der Waals surface area (Å²) in [5, 5.41) is 2.14. The first-order valence-electron chi connectivity index (χ1n) is 7.66. The van der Waals surface area contributed by atoms with Crippen LogP contribution >= 0.6 is 11.6 Å². The minimum Gasteiger partial charge on any atom is -0.334 e. The number of hydrogen-bond donors (Lipinski definition) is 0. The zero-order valence-electron chi connectivity index (χ0n) is 12.1. The van der Waals surface area contributed by atoms with Crippen LogP contribution in [0.4, 0.5) is 0 Å². The molecule has 0 aliphatic heterocycles. The van der Waals surface area contributed by atoms with E-state index in [2.05, 4.69) is 0 Å². The molecule has 0 atom stereocenters. The van der Waals surface area contributed by atoms with Crippen molar-refractivity contribution >= 4 is 28.3 Å². The molecule has 0 saturated heterocycles. The molecule has 1 fully saturated rings. The lowest BCUT2D eigenvalue weighted by molar-refractivity contribution is 0.0697. The Hall–Kier alpha value is -1.54. The third-order valence-corrected chi connectivity index (χ3v) is 4.54. The van der Waals surface area contributed by atoms with Gasteiger partial charge in [0.2, 0.25) is 0 Å². The van der Waals surface area contributed by atoms with Crippen LogP contribution in [0.1, 0.15) is 36.0 Å². The number of amides is 1. The maximum absolute atomic E-state index is 13.0.